The third-order valence-corrected chi connectivity index (χ3v) is 3.36. The van der Waals surface area contributed by atoms with Crippen LogP contribution in [-0.2, 0) is 11.8 Å². The first-order valence-corrected chi connectivity index (χ1v) is 6.05. The first-order valence-electron chi connectivity index (χ1n) is 6.05. The molecular formula is C16H17FO. The first-order chi connectivity index (χ1) is 8.65. The van der Waals surface area contributed by atoms with Crippen molar-refractivity contribution in [3.63, 3.8) is 0 Å². The molecule has 18 heavy (non-hydrogen) atoms. The highest BCUT2D eigenvalue weighted by Crippen LogP contribution is 2.28. The van der Waals surface area contributed by atoms with Crippen LogP contribution < -0.4 is 0 Å². The van der Waals surface area contributed by atoms with Gasteiger partial charge >= 0.3 is 0 Å². The highest BCUT2D eigenvalue weighted by molar-refractivity contribution is 5.29. The molecule has 1 N–H and O–H groups in total. The van der Waals surface area contributed by atoms with Crippen molar-refractivity contribution in [3.8, 4) is 0 Å². The van der Waals surface area contributed by atoms with E-state index < -0.39 is 5.41 Å². The number of hydrogen-bond donors (Lipinski definition) is 1. The summed E-state index contributed by atoms with van der Waals surface area (Å²) in [5.41, 5.74) is 1.21. The van der Waals surface area contributed by atoms with E-state index in [0.29, 0.717) is 12.0 Å². The lowest BCUT2D eigenvalue weighted by Gasteiger charge is -2.28. The van der Waals surface area contributed by atoms with E-state index in [0.717, 1.165) is 5.56 Å². The fourth-order valence-electron chi connectivity index (χ4n) is 2.15. The lowest BCUT2D eigenvalue weighted by Crippen LogP contribution is -2.29. The van der Waals surface area contributed by atoms with Crippen LogP contribution in [0.4, 0.5) is 4.39 Å². The zero-order chi connectivity index (χ0) is 13.0. The van der Waals surface area contributed by atoms with Gasteiger partial charge in [0.2, 0.25) is 0 Å². The maximum absolute atomic E-state index is 13.7. The van der Waals surface area contributed by atoms with Gasteiger partial charge in [-0.05, 0) is 23.6 Å². The van der Waals surface area contributed by atoms with Crippen LogP contribution in [0.3, 0.4) is 0 Å². The molecule has 0 heterocycles. The molecule has 0 radical (unpaired) electrons. The second-order valence-corrected chi connectivity index (χ2v) is 4.85. The molecule has 1 nitrogen and oxygen atoms in total. The summed E-state index contributed by atoms with van der Waals surface area (Å²) in [6.07, 6.45) is 0.486. The molecule has 0 saturated carbocycles. The molecule has 0 bridgehead atoms. The second-order valence-electron chi connectivity index (χ2n) is 4.85. The molecule has 2 rings (SSSR count). The van der Waals surface area contributed by atoms with Gasteiger partial charge in [-0.15, -0.1) is 0 Å². The van der Waals surface area contributed by atoms with Crippen molar-refractivity contribution in [3.05, 3.63) is 71.5 Å². The van der Waals surface area contributed by atoms with Crippen molar-refractivity contribution in [1.29, 1.82) is 0 Å². The van der Waals surface area contributed by atoms with E-state index in [9.17, 15) is 9.50 Å². The number of aliphatic hydroxyl groups is 1. The number of benzene rings is 2. The lowest BCUT2D eigenvalue weighted by atomic mass is 9.78. The first kappa shape index (κ1) is 12.8. The molecule has 1 atom stereocenters. The Morgan fingerprint density at radius 1 is 1.00 bits per heavy atom. The third-order valence-electron chi connectivity index (χ3n) is 3.36. The Morgan fingerprint density at radius 2 is 1.61 bits per heavy atom. The van der Waals surface area contributed by atoms with Crippen LogP contribution >= 0.6 is 0 Å². The quantitative estimate of drug-likeness (QED) is 0.874. The zero-order valence-corrected chi connectivity index (χ0v) is 10.4. The van der Waals surface area contributed by atoms with E-state index in [1.54, 1.807) is 12.1 Å². The molecular weight excluding hydrogens is 227 g/mol. The van der Waals surface area contributed by atoms with Gasteiger partial charge in [-0.25, -0.2) is 4.39 Å². The Morgan fingerprint density at radius 3 is 2.22 bits per heavy atom. The SMILES string of the molecule is CC(CO)(Cc1ccccc1F)c1ccccc1. The van der Waals surface area contributed by atoms with Gasteiger partial charge in [0.25, 0.3) is 0 Å². The third kappa shape index (κ3) is 2.59. The molecule has 0 amide bonds. The summed E-state index contributed by atoms with van der Waals surface area (Å²) in [7, 11) is 0. The van der Waals surface area contributed by atoms with Crippen molar-refractivity contribution in [2.24, 2.45) is 0 Å². The van der Waals surface area contributed by atoms with Gasteiger partial charge in [0, 0.05) is 5.41 Å². The van der Waals surface area contributed by atoms with Crippen molar-refractivity contribution >= 4 is 0 Å². The normalized spacial score (nSPS) is 14.2. The Bertz CT molecular complexity index is 510. The highest BCUT2D eigenvalue weighted by atomic mass is 19.1. The predicted octanol–water partition coefficient (Wildman–Crippen LogP) is 3.32. The standard InChI is InChI=1S/C16H17FO/c1-16(12-18,14-8-3-2-4-9-14)11-13-7-5-6-10-15(13)17/h2-10,18H,11-12H2,1H3. The maximum atomic E-state index is 13.7. The van der Waals surface area contributed by atoms with Crippen LogP contribution in [0.5, 0.6) is 0 Å². The van der Waals surface area contributed by atoms with E-state index in [2.05, 4.69) is 0 Å². The van der Waals surface area contributed by atoms with Gasteiger partial charge in [0.15, 0.2) is 0 Å². The smallest absolute Gasteiger partial charge is 0.126 e. The summed E-state index contributed by atoms with van der Waals surface area (Å²) in [4.78, 5) is 0. The molecule has 0 aromatic heterocycles. The predicted molar refractivity (Wildman–Crippen MR) is 71.0 cm³/mol. The van der Waals surface area contributed by atoms with Crippen molar-refractivity contribution in [1.82, 2.24) is 0 Å². The highest BCUT2D eigenvalue weighted by Gasteiger charge is 2.27. The van der Waals surface area contributed by atoms with Crippen LogP contribution in [0.1, 0.15) is 18.1 Å². The topological polar surface area (TPSA) is 20.2 Å². The fraction of sp³-hybridized carbons (Fsp3) is 0.250. The van der Waals surface area contributed by atoms with Crippen molar-refractivity contribution in [2.45, 2.75) is 18.8 Å². The molecule has 0 aliphatic carbocycles. The molecule has 0 fully saturated rings. The lowest BCUT2D eigenvalue weighted by molar-refractivity contribution is 0.204. The molecule has 0 spiro atoms. The summed E-state index contributed by atoms with van der Waals surface area (Å²) < 4.78 is 13.7. The van der Waals surface area contributed by atoms with E-state index in [1.165, 1.54) is 6.07 Å². The van der Waals surface area contributed by atoms with Gasteiger partial charge in [-0.1, -0.05) is 55.5 Å². The van der Waals surface area contributed by atoms with Gasteiger partial charge in [0.1, 0.15) is 5.82 Å². The average Bonchev–Trinajstić information content (AvgIpc) is 2.42. The van der Waals surface area contributed by atoms with Crippen LogP contribution in [0, 0.1) is 5.82 Å². The van der Waals surface area contributed by atoms with Crippen LogP contribution in [0.2, 0.25) is 0 Å². The molecule has 0 aliphatic heterocycles. The van der Waals surface area contributed by atoms with Gasteiger partial charge in [0.05, 0.1) is 6.61 Å². The van der Waals surface area contributed by atoms with E-state index in [-0.39, 0.29) is 12.4 Å². The van der Waals surface area contributed by atoms with E-state index in [4.69, 9.17) is 0 Å². The summed E-state index contributed by atoms with van der Waals surface area (Å²) >= 11 is 0. The van der Waals surface area contributed by atoms with Gasteiger partial charge in [-0.3, -0.25) is 0 Å². The van der Waals surface area contributed by atoms with Crippen LogP contribution in [-0.4, -0.2) is 11.7 Å². The van der Waals surface area contributed by atoms with Gasteiger partial charge < -0.3 is 5.11 Å². The number of hydrogen-bond acceptors (Lipinski definition) is 1. The molecule has 94 valence electrons. The molecule has 2 aromatic carbocycles. The average molecular weight is 244 g/mol. The Hall–Kier alpha value is -1.67. The summed E-state index contributed by atoms with van der Waals surface area (Å²) in [5, 5.41) is 9.67. The van der Waals surface area contributed by atoms with E-state index >= 15 is 0 Å². The minimum absolute atomic E-state index is 0.00858. The van der Waals surface area contributed by atoms with Crippen LogP contribution in [0.15, 0.2) is 54.6 Å². The van der Waals surface area contributed by atoms with Crippen LogP contribution in [0.25, 0.3) is 0 Å². The summed E-state index contributed by atoms with van der Waals surface area (Å²) in [5.74, 6) is -0.215. The van der Waals surface area contributed by atoms with Crippen molar-refractivity contribution < 1.29 is 9.50 Å². The fourth-order valence-corrected chi connectivity index (χ4v) is 2.15. The minimum Gasteiger partial charge on any atom is -0.395 e. The monoisotopic (exact) mass is 244 g/mol. The number of aliphatic hydroxyl groups excluding tert-OH is 1. The molecule has 1 unspecified atom stereocenters. The zero-order valence-electron chi connectivity index (χ0n) is 10.4. The Balaban J connectivity index is 2.32. The second kappa shape index (κ2) is 5.32. The largest absolute Gasteiger partial charge is 0.395 e. The summed E-state index contributed by atoms with van der Waals surface area (Å²) in [6.45, 7) is 1.94. The maximum Gasteiger partial charge on any atom is 0.126 e. The number of halogens is 1. The number of rotatable bonds is 4. The minimum atomic E-state index is -0.455. The molecule has 0 aliphatic rings. The van der Waals surface area contributed by atoms with Crippen molar-refractivity contribution in [2.75, 3.05) is 6.61 Å². The Kier molecular flexibility index (Phi) is 3.78. The molecule has 2 heteroatoms. The van der Waals surface area contributed by atoms with Gasteiger partial charge in [-0.2, -0.15) is 0 Å². The molecule has 0 saturated heterocycles. The van der Waals surface area contributed by atoms with E-state index in [1.807, 2.05) is 43.3 Å². The summed E-state index contributed by atoms with van der Waals surface area (Å²) in [6, 6.07) is 16.5. The Labute approximate surface area is 107 Å². The molecule has 2 aromatic rings.